The second-order valence-electron chi connectivity index (χ2n) is 4.41. The maximum atomic E-state index is 9.70. The van der Waals surface area contributed by atoms with Crippen LogP contribution in [-0.4, -0.2) is 21.3 Å². The molecule has 1 aromatic heterocycles. The molecule has 0 fully saturated rings. The van der Waals surface area contributed by atoms with Gasteiger partial charge in [-0.15, -0.1) is 0 Å². The first-order valence-electron chi connectivity index (χ1n) is 6.14. The Bertz CT molecular complexity index is 552. The lowest BCUT2D eigenvalue weighted by Gasteiger charge is -2.13. The van der Waals surface area contributed by atoms with Gasteiger partial charge in [-0.25, -0.2) is 4.98 Å². The van der Waals surface area contributed by atoms with E-state index in [0.29, 0.717) is 29.4 Å². The van der Waals surface area contributed by atoms with Crippen LogP contribution in [0.3, 0.4) is 0 Å². The summed E-state index contributed by atoms with van der Waals surface area (Å²) < 4.78 is 7.67. The van der Waals surface area contributed by atoms with E-state index in [-0.39, 0.29) is 0 Å². The average molecular weight is 281 g/mol. The highest BCUT2D eigenvalue weighted by molar-refractivity contribution is 6.30. The Balaban J connectivity index is 2.01. The molecule has 0 saturated carbocycles. The van der Waals surface area contributed by atoms with Gasteiger partial charge in [-0.3, -0.25) is 0 Å². The minimum absolute atomic E-state index is 0.506. The maximum Gasteiger partial charge on any atom is 0.125 e. The highest BCUT2D eigenvalue weighted by Gasteiger charge is 2.10. The molecular weight excluding hydrogens is 264 g/mol. The monoisotopic (exact) mass is 280 g/mol. The van der Waals surface area contributed by atoms with Gasteiger partial charge in [0.15, 0.2) is 0 Å². The molecule has 0 amide bonds. The van der Waals surface area contributed by atoms with Gasteiger partial charge < -0.3 is 14.4 Å². The minimum atomic E-state index is -0.609. The number of benzene rings is 1. The fraction of sp³-hybridized carbons (Fsp3) is 0.357. The van der Waals surface area contributed by atoms with Gasteiger partial charge in [-0.05, 0) is 25.1 Å². The number of aryl methyl sites for hydroxylation is 1. The molecule has 0 aliphatic carbocycles. The number of hydrogen-bond acceptors (Lipinski definition) is 3. The number of ether oxygens (including phenoxy) is 1. The van der Waals surface area contributed by atoms with E-state index in [9.17, 15) is 5.11 Å². The Morgan fingerprint density at radius 1 is 1.47 bits per heavy atom. The Labute approximate surface area is 117 Å². The molecule has 0 unspecified atom stereocenters. The highest BCUT2D eigenvalue weighted by atomic mass is 35.5. The number of aliphatic hydroxyl groups excluding tert-OH is 1. The summed E-state index contributed by atoms with van der Waals surface area (Å²) in [6.07, 6.45) is 3.77. The summed E-state index contributed by atoms with van der Waals surface area (Å²) in [5, 5.41) is 10.3. The molecule has 0 aliphatic rings. The summed E-state index contributed by atoms with van der Waals surface area (Å²) in [7, 11) is 1.95. The fourth-order valence-corrected chi connectivity index (χ4v) is 2.05. The van der Waals surface area contributed by atoms with E-state index in [1.807, 2.05) is 17.8 Å². The zero-order valence-corrected chi connectivity index (χ0v) is 11.8. The molecule has 0 bridgehead atoms. The number of imidazole rings is 1. The Hall–Kier alpha value is -1.52. The quantitative estimate of drug-likeness (QED) is 0.916. The molecule has 0 spiro atoms. The first-order valence-corrected chi connectivity index (χ1v) is 6.52. The Kier molecular flexibility index (Phi) is 4.45. The van der Waals surface area contributed by atoms with Gasteiger partial charge in [-0.1, -0.05) is 11.6 Å². The Morgan fingerprint density at radius 3 is 2.89 bits per heavy atom. The first kappa shape index (κ1) is 13.9. The molecule has 0 aliphatic heterocycles. The molecule has 5 heteroatoms. The number of rotatable bonds is 5. The van der Waals surface area contributed by atoms with Gasteiger partial charge in [0.2, 0.25) is 0 Å². The van der Waals surface area contributed by atoms with Crippen molar-refractivity contribution in [2.24, 2.45) is 7.05 Å². The molecule has 0 saturated heterocycles. The fourth-order valence-electron chi connectivity index (χ4n) is 1.87. The smallest absolute Gasteiger partial charge is 0.125 e. The molecule has 1 N–H and O–H groups in total. The van der Waals surface area contributed by atoms with Gasteiger partial charge in [0.25, 0.3) is 0 Å². The van der Waals surface area contributed by atoms with Crippen molar-refractivity contribution in [3.8, 4) is 5.75 Å². The van der Waals surface area contributed by atoms with Crippen LogP contribution in [-0.2, 0) is 13.5 Å². The van der Waals surface area contributed by atoms with Crippen LogP contribution in [0.4, 0.5) is 0 Å². The number of aromatic nitrogens is 2. The van der Waals surface area contributed by atoms with Crippen LogP contribution in [0.2, 0.25) is 5.02 Å². The van der Waals surface area contributed by atoms with E-state index in [4.69, 9.17) is 16.3 Å². The molecule has 4 nitrogen and oxygen atoms in total. The zero-order chi connectivity index (χ0) is 13.8. The normalized spacial score (nSPS) is 12.4. The average Bonchev–Trinajstić information content (AvgIpc) is 2.77. The third-order valence-corrected chi connectivity index (χ3v) is 3.16. The topological polar surface area (TPSA) is 47.3 Å². The van der Waals surface area contributed by atoms with Crippen molar-refractivity contribution < 1.29 is 9.84 Å². The van der Waals surface area contributed by atoms with E-state index in [1.54, 1.807) is 31.3 Å². The zero-order valence-electron chi connectivity index (χ0n) is 11.0. The van der Waals surface area contributed by atoms with E-state index in [0.717, 1.165) is 5.82 Å². The second kappa shape index (κ2) is 6.08. The van der Waals surface area contributed by atoms with Crippen LogP contribution in [0.25, 0.3) is 0 Å². The molecule has 1 heterocycles. The molecule has 19 heavy (non-hydrogen) atoms. The predicted octanol–water partition coefficient (Wildman–Crippen LogP) is 2.75. The van der Waals surface area contributed by atoms with Crippen molar-refractivity contribution in [3.63, 3.8) is 0 Å². The summed E-state index contributed by atoms with van der Waals surface area (Å²) in [6.45, 7) is 2.20. The Morgan fingerprint density at radius 2 is 2.26 bits per heavy atom. The molecular formula is C14H17ClN2O2. The first-order chi connectivity index (χ1) is 9.08. The summed E-state index contributed by atoms with van der Waals surface area (Å²) in [6, 6.07) is 5.26. The summed E-state index contributed by atoms with van der Waals surface area (Å²) in [5.41, 5.74) is 0.701. The molecule has 0 radical (unpaired) electrons. The number of hydrogen-bond donors (Lipinski definition) is 1. The lowest BCUT2D eigenvalue weighted by Crippen LogP contribution is -2.08. The lowest BCUT2D eigenvalue weighted by molar-refractivity contribution is 0.191. The van der Waals surface area contributed by atoms with Crippen LogP contribution >= 0.6 is 11.6 Å². The van der Waals surface area contributed by atoms with Crippen molar-refractivity contribution >= 4 is 11.6 Å². The van der Waals surface area contributed by atoms with Gasteiger partial charge in [0.1, 0.15) is 11.6 Å². The van der Waals surface area contributed by atoms with E-state index in [1.165, 1.54) is 0 Å². The minimum Gasteiger partial charge on any atom is -0.493 e. The van der Waals surface area contributed by atoms with Crippen LogP contribution in [0.1, 0.15) is 24.4 Å². The van der Waals surface area contributed by atoms with E-state index < -0.39 is 6.10 Å². The second-order valence-corrected chi connectivity index (χ2v) is 4.85. The largest absolute Gasteiger partial charge is 0.493 e. The summed E-state index contributed by atoms with van der Waals surface area (Å²) in [5.74, 6) is 1.63. The van der Waals surface area contributed by atoms with Crippen molar-refractivity contribution in [3.05, 3.63) is 47.0 Å². The lowest BCUT2D eigenvalue weighted by atomic mass is 10.1. The van der Waals surface area contributed by atoms with Gasteiger partial charge >= 0.3 is 0 Å². The third-order valence-electron chi connectivity index (χ3n) is 2.93. The van der Waals surface area contributed by atoms with Crippen LogP contribution in [0.15, 0.2) is 30.6 Å². The summed E-state index contributed by atoms with van der Waals surface area (Å²) >= 11 is 5.92. The number of aliphatic hydroxyl groups is 1. The standard InChI is InChI=1S/C14H17ClN2O2/c1-10(18)12-9-11(15)3-4-13(12)19-8-5-14-16-6-7-17(14)2/h3-4,6-7,9-10,18H,5,8H2,1-2H3/t10-/m0/s1. The predicted molar refractivity (Wildman–Crippen MR) is 74.5 cm³/mol. The molecule has 1 atom stereocenters. The number of halogens is 1. The molecule has 2 aromatic rings. The van der Waals surface area contributed by atoms with Crippen LogP contribution < -0.4 is 4.74 Å². The van der Waals surface area contributed by atoms with Crippen LogP contribution in [0, 0.1) is 0 Å². The van der Waals surface area contributed by atoms with Crippen molar-refractivity contribution in [2.45, 2.75) is 19.4 Å². The van der Waals surface area contributed by atoms with Crippen LogP contribution in [0.5, 0.6) is 5.75 Å². The van der Waals surface area contributed by atoms with E-state index in [2.05, 4.69) is 4.98 Å². The van der Waals surface area contributed by atoms with Crippen molar-refractivity contribution in [1.29, 1.82) is 0 Å². The van der Waals surface area contributed by atoms with Crippen molar-refractivity contribution in [1.82, 2.24) is 9.55 Å². The van der Waals surface area contributed by atoms with Crippen molar-refractivity contribution in [2.75, 3.05) is 6.61 Å². The van der Waals surface area contributed by atoms with E-state index >= 15 is 0 Å². The molecule has 2 rings (SSSR count). The SMILES string of the molecule is C[C@H](O)c1cc(Cl)ccc1OCCc1nccn1C. The number of nitrogens with zero attached hydrogens (tertiary/aromatic N) is 2. The molecule has 102 valence electrons. The maximum absolute atomic E-state index is 9.70. The van der Waals surface area contributed by atoms with Gasteiger partial charge in [0, 0.05) is 36.4 Å². The van der Waals surface area contributed by atoms with Gasteiger partial charge in [0.05, 0.1) is 12.7 Å². The molecule has 1 aromatic carbocycles. The van der Waals surface area contributed by atoms with Gasteiger partial charge in [-0.2, -0.15) is 0 Å². The highest BCUT2D eigenvalue weighted by Crippen LogP contribution is 2.28. The summed E-state index contributed by atoms with van der Waals surface area (Å²) in [4.78, 5) is 4.23. The third kappa shape index (κ3) is 3.49.